The molecule has 0 atom stereocenters. The summed E-state index contributed by atoms with van der Waals surface area (Å²) in [5.74, 6) is 0.837. The lowest BCUT2D eigenvalue weighted by molar-refractivity contribution is 0.308. The molecular weight excluding hydrogens is 413 g/mol. The van der Waals surface area contributed by atoms with E-state index in [1.807, 2.05) is 12.1 Å². The molecule has 0 unspecified atom stereocenters. The largest absolute Gasteiger partial charge is 0.356 e. The van der Waals surface area contributed by atoms with Crippen LogP contribution >= 0.6 is 35.6 Å². The molecule has 0 bridgehead atoms. The Morgan fingerprint density at radius 1 is 1.23 bits per heavy atom. The molecule has 2 N–H and O–H groups in total. The molecule has 22 heavy (non-hydrogen) atoms. The number of aromatic nitrogens is 1. The number of rotatable bonds is 8. The molecule has 1 heterocycles. The van der Waals surface area contributed by atoms with Crippen LogP contribution in [0, 0.1) is 0 Å². The van der Waals surface area contributed by atoms with E-state index in [9.17, 15) is 0 Å². The fourth-order valence-corrected chi connectivity index (χ4v) is 2.08. The highest BCUT2D eigenvalue weighted by Crippen LogP contribution is 2.05. The zero-order chi connectivity index (χ0) is 15.5. The zero-order valence-corrected chi connectivity index (χ0v) is 16.7. The van der Waals surface area contributed by atoms with Crippen LogP contribution in [0.2, 0.25) is 5.15 Å². The quantitative estimate of drug-likeness (QED) is 0.283. The fourth-order valence-electron chi connectivity index (χ4n) is 1.97. The predicted octanol–water partition coefficient (Wildman–Crippen LogP) is 2.40. The number of nitrogens with one attached hydrogen (secondary N) is 2. The van der Waals surface area contributed by atoms with Gasteiger partial charge < -0.3 is 15.5 Å². The number of aliphatic imine (C=N–C) groups is 1. The summed E-state index contributed by atoms with van der Waals surface area (Å²) in [6.45, 7) is 9.24. The van der Waals surface area contributed by atoms with Crippen molar-refractivity contribution in [3.63, 3.8) is 0 Å². The van der Waals surface area contributed by atoms with Gasteiger partial charge in [0.05, 0.1) is 0 Å². The van der Waals surface area contributed by atoms with E-state index in [-0.39, 0.29) is 24.0 Å². The molecule has 0 aliphatic carbocycles. The van der Waals surface area contributed by atoms with Gasteiger partial charge in [-0.2, -0.15) is 0 Å². The highest BCUT2D eigenvalue weighted by Gasteiger charge is 2.01. The van der Waals surface area contributed by atoms with Crippen LogP contribution in [-0.4, -0.2) is 55.6 Å². The van der Waals surface area contributed by atoms with Crippen molar-refractivity contribution in [2.45, 2.75) is 20.3 Å². The van der Waals surface area contributed by atoms with Gasteiger partial charge in [0.1, 0.15) is 5.15 Å². The number of guanidine groups is 1. The minimum atomic E-state index is 0. The first-order chi connectivity index (χ1) is 10.2. The van der Waals surface area contributed by atoms with Crippen LogP contribution in [0.3, 0.4) is 0 Å². The summed E-state index contributed by atoms with van der Waals surface area (Å²) in [6, 6.07) is 3.81. The molecule has 0 aliphatic heterocycles. The van der Waals surface area contributed by atoms with E-state index in [0.29, 0.717) is 5.15 Å². The Balaban J connectivity index is 0.00000441. The average Bonchev–Trinajstić information content (AvgIpc) is 2.51. The highest BCUT2D eigenvalue weighted by atomic mass is 127. The Labute approximate surface area is 156 Å². The normalized spacial score (nSPS) is 11.2. The number of likely N-dealkylation sites (N-methyl/N-ethyl adjacent to an activating group) is 1. The number of hydrogen-bond donors (Lipinski definition) is 2. The summed E-state index contributed by atoms with van der Waals surface area (Å²) < 4.78 is 0. The lowest BCUT2D eigenvalue weighted by Crippen LogP contribution is -2.42. The molecule has 0 aromatic carbocycles. The Hall–Kier alpha value is -0.600. The lowest BCUT2D eigenvalue weighted by Gasteiger charge is -2.19. The fraction of sp³-hybridized carbons (Fsp3) is 0.600. The molecule has 126 valence electrons. The van der Waals surface area contributed by atoms with E-state index in [2.05, 4.69) is 39.4 Å². The summed E-state index contributed by atoms with van der Waals surface area (Å²) in [4.78, 5) is 10.7. The van der Waals surface area contributed by atoms with E-state index in [1.165, 1.54) is 0 Å². The molecule has 5 nitrogen and oxygen atoms in total. The minimum Gasteiger partial charge on any atom is -0.356 e. The molecule has 1 aromatic rings. The Kier molecular flexibility index (Phi) is 12.5. The summed E-state index contributed by atoms with van der Waals surface area (Å²) in [7, 11) is 1.79. The molecule has 1 rings (SSSR count). The van der Waals surface area contributed by atoms with Gasteiger partial charge in [0.25, 0.3) is 0 Å². The van der Waals surface area contributed by atoms with Gasteiger partial charge in [0.2, 0.25) is 0 Å². The van der Waals surface area contributed by atoms with Crippen molar-refractivity contribution >= 4 is 41.5 Å². The Bertz CT molecular complexity index is 420. The summed E-state index contributed by atoms with van der Waals surface area (Å²) in [6.07, 6.45) is 2.70. The summed E-state index contributed by atoms with van der Waals surface area (Å²) in [5.41, 5.74) is 1.16. The number of hydrogen-bond acceptors (Lipinski definition) is 3. The van der Waals surface area contributed by atoms with Crippen molar-refractivity contribution in [1.82, 2.24) is 20.5 Å². The van der Waals surface area contributed by atoms with Gasteiger partial charge in [-0.3, -0.25) is 4.99 Å². The molecule has 0 amide bonds. The molecule has 7 heteroatoms. The molecular formula is C15H27ClIN5. The van der Waals surface area contributed by atoms with Crippen molar-refractivity contribution in [2.24, 2.45) is 4.99 Å². The van der Waals surface area contributed by atoms with Crippen LogP contribution in [0.4, 0.5) is 0 Å². The van der Waals surface area contributed by atoms with Crippen molar-refractivity contribution in [3.8, 4) is 0 Å². The first-order valence-corrected chi connectivity index (χ1v) is 7.84. The zero-order valence-electron chi connectivity index (χ0n) is 13.6. The Morgan fingerprint density at radius 2 is 1.91 bits per heavy atom. The van der Waals surface area contributed by atoms with Crippen molar-refractivity contribution in [2.75, 3.05) is 39.8 Å². The predicted molar refractivity (Wildman–Crippen MR) is 106 cm³/mol. The number of nitrogens with zero attached hydrogens (tertiary/aromatic N) is 3. The lowest BCUT2D eigenvalue weighted by atomic mass is 10.2. The van der Waals surface area contributed by atoms with E-state index in [4.69, 9.17) is 11.6 Å². The monoisotopic (exact) mass is 439 g/mol. The van der Waals surface area contributed by atoms with Crippen LogP contribution in [0.5, 0.6) is 0 Å². The highest BCUT2D eigenvalue weighted by molar-refractivity contribution is 14.0. The SMILES string of the molecule is CCN(CC)CCNC(=NC)NCCc1ccc(Cl)nc1.I. The maximum atomic E-state index is 5.77. The second-order valence-corrected chi connectivity index (χ2v) is 5.08. The first-order valence-electron chi connectivity index (χ1n) is 7.46. The molecule has 0 spiro atoms. The van der Waals surface area contributed by atoms with E-state index < -0.39 is 0 Å². The number of pyridine rings is 1. The molecule has 0 saturated heterocycles. The molecule has 1 aromatic heterocycles. The van der Waals surface area contributed by atoms with Gasteiger partial charge in [0, 0.05) is 32.9 Å². The minimum absolute atomic E-state index is 0. The van der Waals surface area contributed by atoms with Crippen molar-refractivity contribution in [3.05, 3.63) is 29.0 Å². The maximum Gasteiger partial charge on any atom is 0.191 e. The van der Waals surface area contributed by atoms with E-state index in [1.54, 1.807) is 13.2 Å². The third-order valence-electron chi connectivity index (χ3n) is 3.33. The van der Waals surface area contributed by atoms with Crippen molar-refractivity contribution in [1.29, 1.82) is 0 Å². The molecule has 0 aliphatic rings. The van der Waals surface area contributed by atoms with Gasteiger partial charge in [-0.05, 0) is 31.1 Å². The van der Waals surface area contributed by atoms with Gasteiger partial charge in [-0.15, -0.1) is 24.0 Å². The molecule has 0 saturated carbocycles. The van der Waals surface area contributed by atoms with Crippen LogP contribution < -0.4 is 10.6 Å². The maximum absolute atomic E-state index is 5.77. The van der Waals surface area contributed by atoms with Gasteiger partial charge in [-0.25, -0.2) is 4.98 Å². The van der Waals surface area contributed by atoms with Crippen LogP contribution in [0.25, 0.3) is 0 Å². The van der Waals surface area contributed by atoms with Crippen LogP contribution in [0.1, 0.15) is 19.4 Å². The molecule has 0 radical (unpaired) electrons. The second-order valence-electron chi connectivity index (χ2n) is 4.69. The van der Waals surface area contributed by atoms with E-state index >= 15 is 0 Å². The third-order valence-corrected chi connectivity index (χ3v) is 3.56. The van der Waals surface area contributed by atoms with Gasteiger partial charge in [-0.1, -0.05) is 31.5 Å². The standard InChI is InChI=1S/C15H26ClN5.HI/c1-4-21(5-2)11-10-19-15(17-3)18-9-8-13-6-7-14(16)20-12-13;/h6-7,12H,4-5,8-11H2,1-3H3,(H2,17,18,19);1H. The average molecular weight is 440 g/mol. The number of halogens is 2. The molecule has 0 fully saturated rings. The van der Waals surface area contributed by atoms with E-state index in [0.717, 1.165) is 50.7 Å². The van der Waals surface area contributed by atoms with Gasteiger partial charge >= 0.3 is 0 Å². The Morgan fingerprint density at radius 3 is 2.45 bits per heavy atom. The van der Waals surface area contributed by atoms with Gasteiger partial charge in [0.15, 0.2) is 5.96 Å². The van der Waals surface area contributed by atoms with Crippen molar-refractivity contribution < 1.29 is 0 Å². The third kappa shape index (κ3) is 8.75. The smallest absolute Gasteiger partial charge is 0.191 e. The summed E-state index contributed by atoms with van der Waals surface area (Å²) in [5, 5.41) is 7.15. The topological polar surface area (TPSA) is 52.5 Å². The first kappa shape index (κ1) is 21.4. The second kappa shape index (κ2) is 12.9. The van der Waals surface area contributed by atoms with Crippen LogP contribution in [0.15, 0.2) is 23.3 Å². The van der Waals surface area contributed by atoms with Crippen LogP contribution in [-0.2, 0) is 6.42 Å². The summed E-state index contributed by atoms with van der Waals surface area (Å²) >= 11 is 5.77.